The SMILES string of the molecule is CCC(C)(C)SN=Cc1cc(Br)ccc1Br. The largest absolute Gasteiger partial charge is 0.223 e. The summed E-state index contributed by atoms with van der Waals surface area (Å²) in [5.41, 5.74) is 1.09. The number of hydrogen-bond acceptors (Lipinski definition) is 2. The maximum absolute atomic E-state index is 4.43. The van der Waals surface area contributed by atoms with E-state index in [-0.39, 0.29) is 4.75 Å². The fraction of sp³-hybridized carbons (Fsp3) is 0.417. The molecule has 88 valence electrons. The van der Waals surface area contributed by atoms with Crippen LogP contribution in [0.1, 0.15) is 32.8 Å². The number of benzene rings is 1. The Morgan fingerprint density at radius 2 is 2.06 bits per heavy atom. The first-order valence-electron chi connectivity index (χ1n) is 5.11. The average Bonchev–Trinajstić information content (AvgIpc) is 2.23. The summed E-state index contributed by atoms with van der Waals surface area (Å²) in [6, 6.07) is 6.07. The molecule has 0 unspecified atom stereocenters. The maximum Gasteiger partial charge on any atom is 0.0435 e. The Labute approximate surface area is 119 Å². The number of halogens is 2. The number of hydrogen-bond donors (Lipinski definition) is 0. The normalized spacial score (nSPS) is 12.3. The van der Waals surface area contributed by atoms with Gasteiger partial charge in [-0.05, 0) is 50.4 Å². The third kappa shape index (κ3) is 4.60. The third-order valence-corrected chi connectivity index (χ3v) is 4.51. The van der Waals surface area contributed by atoms with E-state index in [1.54, 1.807) is 11.9 Å². The van der Waals surface area contributed by atoms with Crippen molar-refractivity contribution in [2.75, 3.05) is 0 Å². The van der Waals surface area contributed by atoms with E-state index in [9.17, 15) is 0 Å². The van der Waals surface area contributed by atoms with Gasteiger partial charge in [-0.1, -0.05) is 38.8 Å². The lowest BCUT2D eigenvalue weighted by Crippen LogP contribution is -2.10. The van der Waals surface area contributed by atoms with Crippen LogP contribution in [0.5, 0.6) is 0 Å². The highest BCUT2D eigenvalue weighted by Crippen LogP contribution is 2.29. The minimum absolute atomic E-state index is 0.203. The van der Waals surface area contributed by atoms with Gasteiger partial charge >= 0.3 is 0 Å². The zero-order chi connectivity index (χ0) is 12.2. The molecule has 1 rings (SSSR count). The van der Waals surface area contributed by atoms with Gasteiger partial charge in [0.2, 0.25) is 0 Å². The molecule has 4 heteroatoms. The van der Waals surface area contributed by atoms with Crippen LogP contribution in [0.4, 0.5) is 0 Å². The first kappa shape index (κ1) is 14.3. The first-order chi connectivity index (χ1) is 7.44. The summed E-state index contributed by atoms with van der Waals surface area (Å²) in [6.45, 7) is 6.58. The molecular formula is C12H15Br2NS. The molecule has 0 saturated carbocycles. The van der Waals surface area contributed by atoms with Gasteiger partial charge in [0.1, 0.15) is 0 Å². The van der Waals surface area contributed by atoms with E-state index in [1.165, 1.54) is 0 Å². The van der Waals surface area contributed by atoms with Crippen LogP contribution in [0.25, 0.3) is 0 Å². The van der Waals surface area contributed by atoms with Crippen LogP contribution in [0.15, 0.2) is 31.5 Å². The summed E-state index contributed by atoms with van der Waals surface area (Å²) in [7, 11) is 0. The van der Waals surface area contributed by atoms with Crippen LogP contribution < -0.4 is 0 Å². The highest BCUT2D eigenvalue weighted by Gasteiger charge is 2.14. The van der Waals surface area contributed by atoms with Gasteiger partial charge in [0.15, 0.2) is 0 Å². The van der Waals surface area contributed by atoms with Gasteiger partial charge in [-0.3, -0.25) is 0 Å². The number of rotatable bonds is 4. The van der Waals surface area contributed by atoms with Crippen molar-refractivity contribution in [1.29, 1.82) is 0 Å². The van der Waals surface area contributed by atoms with Crippen LogP contribution in [-0.4, -0.2) is 11.0 Å². The Kier molecular flexibility index (Phi) is 5.54. The molecule has 16 heavy (non-hydrogen) atoms. The lowest BCUT2D eigenvalue weighted by Gasteiger charge is -2.17. The summed E-state index contributed by atoms with van der Waals surface area (Å²) in [5.74, 6) is 0. The quantitative estimate of drug-likeness (QED) is 0.509. The van der Waals surface area contributed by atoms with Gasteiger partial charge in [-0.25, -0.2) is 4.40 Å². The highest BCUT2D eigenvalue weighted by molar-refractivity contribution is 9.11. The molecule has 1 nitrogen and oxygen atoms in total. The molecule has 1 aromatic carbocycles. The van der Waals surface area contributed by atoms with E-state index in [0.717, 1.165) is 20.9 Å². The smallest absolute Gasteiger partial charge is 0.0435 e. The Hall–Kier alpha value is 0.200. The Morgan fingerprint density at radius 1 is 1.38 bits per heavy atom. The van der Waals surface area contributed by atoms with Gasteiger partial charge in [0.25, 0.3) is 0 Å². The summed E-state index contributed by atoms with van der Waals surface area (Å²) in [4.78, 5) is 0. The Morgan fingerprint density at radius 3 is 2.69 bits per heavy atom. The van der Waals surface area contributed by atoms with Crippen molar-refractivity contribution in [3.63, 3.8) is 0 Å². The second-order valence-electron chi connectivity index (χ2n) is 4.10. The van der Waals surface area contributed by atoms with Gasteiger partial charge in [0, 0.05) is 25.5 Å². The average molecular weight is 365 g/mol. The second-order valence-corrected chi connectivity index (χ2v) is 7.37. The molecule has 0 aliphatic carbocycles. The fourth-order valence-corrected chi connectivity index (χ4v) is 2.21. The van der Waals surface area contributed by atoms with E-state index < -0.39 is 0 Å². The molecule has 0 spiro atoms. The Balaban J connectivity index is 2.73. The number of nitrogens with zero attached hydrogens (tertiary/aromatic N) is 1. The summed E-state index contributed by atoms with van der Waals surface area (Å²) < 4.78 is 6.76. The first-order valence-corrected chi connectivity index (χ1v) is 7.47. The van der Waals surface area contributed by atoms with Crippen molar-refractivity contribution in [2.45, 2.75) is 31.9 Å². The third-order valence-electron chi connectivity index (χ3n) is 2.30. The van der Waals surface area contributed by atoms with Crippen LogP contribution in [0, 0.1) is 0 Å². The molecule has 0 bridgehead atoms. The second kappa shape index (κ2) is 6.22. The Bertz CT molecular complexity index is 389. The van der Waals surface area contributed by atoms with Crippen molar-refractivity contribution in [3.05, 3.63) is 32.7 Å². The summed E-state index contributed by atoms with van der Waals surface area (Å²) >= 11 is 8.58. The van der Waals surface area contributed by atoms with Gasteiger partial charge in [-0.2, -0.15) is 0 Å². The fourth-order valence-electron chi connectivity index (χ4n) is 0.904. The molecule has 0 heterocycles. The molecule has 0 aliphatic rings. The van der Waals surface area contributed by atoms with Crippen LogP contribution >= 0.6 is 43.8 Å². The topological polar surface area (TPSA) is 12.4 Å². The van der Waals surface area contributed by atoms with Crippen LogP contribution in [-0.2, 0) is 0 Å². The maximum atomic E-state index is 4.43. The molecule has 0 aromatic heterocycles. The summed E-state index contributed by atoms with van der Waals surface area (Å²) in [6.07, 6.45) is 3.01. The molecule has 0 aliphatic heterocycles. The predicted octanol–water partition coefficient (Wildman–Crippen LogP) is 5.47. The van der Waals surface area contributed by atoms with Crippen molar-refractivity contribution in [1.82, 2.24) is 0 Å². The molecule has 0 fully saturated rings. The van der Waals surface area contributed by atoms with Crippen molar-refractivity contribution in [2.24, 2.45) is 4.40 Å². The minimum Gasteiger partial charge on any atom is -0.223 e. The lowest BCUT2D eigenvalue weighted by atomic mass is 10.1. The van der Waals surface area contributed by atoms with E-state index >= 15 is 0 Å². The predicted molar refractivity (Wildman–Crippen MR) is 81.4 cm³/mol. The zero-order valence-corrected chi connectivity index (χ0v) is 13.6. The monoisotopic (exact) mass is 363 g/mol. The summed E-state index contributed by atoms with van der Waals surface area (Å²) in [5, 5.41) is 0. The molecule has 0 N–H and O–H groups in total. The van der Waals surface area contributed by atoms with E-state index in [2.05, 4.69) is 57.0 Å². The van der Waals surface area contributed by atoms with Gasteiger partial charge in [-0.15, -0.1) is 0 Å². The lowest BCUT2D eigenvalue weighted by molar-refractivity contribution is 0.685. The zero-order valence-electron chi connectivity index (χ0n) is 9.63. The molecular weight excluding hydrogens is 350 g/mol. The molecule has 1 aromatic rings. The van der Waals surface area contributed by atoms with E-state index in [1.807, 2.05) is 24.4 Å². The highest BCUT2D eigenvalue weighted by atomic mass is 79.9. The van der Waals surface area contributed by atoms with Crippen LogP contribution in [0.3, 0.4) is 0 Å². The molecule has 0 amide bonds. The van der Waals surface area contributed by atoms with E-state index in [4.69, 9.17) is 0 Å². The standard InChI is InChI=1S/C12H15Br2NS/c1-4-12(2,3)16-15-8-9-7-10(13)5-6-11(9)14/h5-8H,4H2,1-3H3. The van der Waals surface area contributed by atoms with Gasteiger partial charge < -0.3 is 0 Å². The molecule has 0 atom stereocenters. The van der Waals surface area contributed by atoms with Crippen LogP contribution in [0.2, 0.25) is 0 Å². The minimum atomic E-state index is 0.203. The van der Waals surface area contributed by atoms with Crippen molar-refractivity contribution < 1.29 is 0 Å². The van der Waals surface area contributed by atoms with Crippen molar-refractivity contribution in [3.8, 4) is 0 Å². The van der Waals surface area contributed by atoms with Crippen molar-refractivity contribution >= 4 is 50.0 Å². The van der Waals surface area contributed by atoms with E-state index in [0.29, 0.717) is 0 Å². The van der Waals surface area contributed by atoms with Gasteiger partial charge in [0.05, 0.1) is 0 Å². The molecule has 0 saturated heterocycles. The molecule has 0 radical (unpaired) electrons.